The second kappa shape index (κ2) is 11.7. The maximum Gasteiger partial charge on any atom is 3.00 e. The van der Waals surface area contributed by atoms with Crippen LogP contribution in [0.2, 0.25) is 13.1 Å². The van der Waals surface area contributed by atoms with Crippen molar-refractivity contribution >= 4 is 35.4 Å². The molecule has 2 aliphatic heterocycles. The molecule has 3 aromatic carbocycles. The van der Waals surface area contributed by atoms with Crippen LogP contribution in [0.25, 0.3) is 27.1 Å². The zero-order valence-electron chi connectivity index (χ0n) is 21.4. The van der Waals surface area contributed by atoms with E-state index in [-0.39, 0.29) is 51.0 Å². The fourth-order valence-electron chi connectivity index (χ4n) is 6.07. The number of rotatable bonds is 3. The van der Waals surface area contributed by atoms with E-state index in [2.05, 4.69) is 101 Å². The third-order valence-electron chi connectivity index (χ3n) is 7.31. The summed E-state index contributed by atoms with van der Waals surface area (Å²) in [7, 11) is -0.995. The summed E-state index contributed by atoms with van der Waals surface area (Å²) >= 11 is 2.01. The zero-order chi connectivity index (χ0) is 22.6. The molecule has 0 fully saturated rings. The molecule has 35 heavy (non-hydrogen) atoms. The molecule has 2 bridgehead atoms. The Morgan fingerprint density at radius 2 is 1.63 bits per heavy atom. The van der Waals surface area contributed by atoms with Gasteiger partial charge in [0.25, 0.3) is 0 Å². The van der Waals surface area contributed by atoms with Crippen molar-refractivity contribution < 1.29 is 51.0 Å². The van der Waals surface area contributed by atoms with E-state index < -0.39 is 8.07 Å². The van der Waals surface area contributed by atoms with E-state index in [1.54, 1.807) is 21.2 Å². The number of hydrogen-bond acceptors (Lipinski definition) is 1. The van der Waals surface area contributed by atoms with Crippen LogP contribution in [0.1, 0.15) is 52.3 Å². The van der Waals surface area contributed by atoms with Gasteiger partial charge in [0.1, 0.15) is 0 Å². The van der Waals surface area contributed by atoms with E-state index in [0.29, 0.717) is 0 Å². The summed E-state index contributed by atoms with van der Waals surface area (Å²) in [6.07, 6.45) is 2.37. The Morgan fingerprint density at radius 3 is 2.23 bits per heavy atom. The third kappa shape index (κ3) is 5.27. The molecule has 3 heterocycles. The molecule has 5 heteroatoms. The van der Waals surface area contributed by atoms with E-state index in [9.17, 15) is 0 Å². The Labute approximate surface area is 247 Å². The molecule has 0 amide bonds. The largest absolute Gasteiger partial charge is 3.00 e. The molecule has 7 rings (SSSR count). The summed E-state index contributed by atoms with van der Waals surface area (Å²) in [6, 6.07) is 22.5. The fraction of sp³-hybridized carbons (Fsp3) is 0.300. The van der Waals surface area contributed by atoms with Gasteiger partial charge in [0.2, 0.25) is 0 Å². The molecule has 1 unspecified atom stereocenters. The van der Waals surface area contributed by atoms with Crippen molar-refractivity contribution in [2.45, 2.75) is 59.2 Å². The minimum atomic E-state index is -0.995. The van der Waals surface area contributed by atoms with Crippen molar-refractivity contribution in [2.24, 2.45) is 0 Å². The maximum absolute atomic E-state index is 2.52. The normalized spacial score (nSPS) is 16.2. The second-order valence-electron chi connectivity index (χ2n) is 10.1. The van der Waals surface area contributed by atoms with Gasteiger partial charge in [-0.05, 0) is 48.2 Å². The van der Waals surface area contributed by atoms with Crippen molar-refractivity contribution in [3.63, 3.8) is 0 Å². The number of allylic oxidation sites excluding steroid dienone is 1. The van der Waals surface area contributed by atoms with Crippen molar-refractivity contribution in [2.75, 3.05) is 0 Å². The Bertz CT molecular complexity index is 1340. The maximum atomic E-state index is 2.52. The second-order valence-corrected chi connectivity index (χ2v) is 15.9. The van der Waals surface area contributed by atoms with Crippen LogP contribution in [0.5, 0.6) is 0 Å². The summed E-state index contributed by atoms with van der Waals surface area (Å²) in [5, 5.41) is 4.49. The van der Waals surface area contributed by atoms with Gasteiger partial charge >= 0.3 is 26.2 Å². The SMILES string of the molecule is CC1=C2c3sc(C)cc3C1[Si]2(C)C.CCCc1ccc(-c2cccc3[cH-]c(C)cc23)cc1.[Cl-].[Cl-].[Zr+3]. The molecule has 1 aromatic heterocycles. The predicted octanol–water partition coefficient (Wildman–Crippen LogP) is 3.22. The van der Waals surface area contributed by atoms with Gasteiger partial charge < -0.3 is 24.8 Å². The summed E-state index contributed by atoms with van der Waals surface area (Å²) in [5.41, 5.74) is 9.67. The smallest absolute Gasteiger partial charge is 1.00 e. The average molecular weight is 616 g/mol. The standard InChI is InChI=1S/C19H19.C11H14SSi.2ClH.Zr/c1-3-5-15-8-10-16(11-9-15)18-7-4-6-17-12-14(2)13-19(17)18;1-6-5-8-9(12-6)11-7(2)10(8)13(11,3)4;;;/h4,6-13H,3,5H2,1-2H3;5,10H,1-4H3;2*1H;/q-1;;;;+3/p-2. The number of thiophene rings is 1. The molecule has 1 radical (unpaired) electrons. The number of fused-ring (bicyclic) bond motifs is 1. The molecule has 0 saturated heterocycles. The Kier molecular flexibility index (Phi) is 10.2. The minimum Gasteiger partial charge on any atom is -1.00 e. The molecule has 181 valence electrons. The average Bonchev–Trinajstić information content (AvgIpc) is 3.42. The van der Waals surface area contributed by atoms with Crippen molar-refractivity contribution in [3.8, 4) is 11.1 Å². The van der Waals surface area contributed by atoms with Crippen LogP contribution >= 0.6 is 11.3 Å². The molecule has 0 spiro atoms. The van der Waals surface area contributed by atoms with Crippen molar-refractivity contribution in [3.05, 3.63) is 92.7 Å². The van der Waals surface area contributed by atoms with Crippen LogP contribution in [-0.4, -0.2) is 8.07 Å². The number of halogens is 2. The van der Waals surface area contributed by atoms with Crippen LogP contribution < -0.4 is 24.8 Å². The third-order valence-corrected chi connectivity index (χ3v) is 12.7. The van der Waals surface area contributed by atoms with Gasteiger partial charge in [0.05, 0.1) is 8.07 Å². The Morgan fingerprint density at radius 1 is 0.943 bits per heavy atom. The van der Waals surface area contributed by atoms with Crippen LogP contribution in [0, 0.1) is 13.8 Å². The molecule has 0 nitrogen and oxygen atoms in total. The first-order chi connectivity index (χ1) is 15.3. The van der Waals surface area contributed by atoms with E-state index in [1.165, 1.54) is 50.7 Å². The van der Waals surface area contributed by atoms with Crippen LogP contribution in [-0.2, 0) is 32.6 Å². The van der Waals surface area contributed by atoms with Gasteiger partial charge in [-0.15, -0.1) is 45.9 Å². The van der Waals surface area contributed by atoms with E-state index in [4.69, 9.17) is 0 Å². The summed E-state index contributed by atoms with van der Waals surface area (Å²) < 4.78 is 0. The minimum absolute atomic E-state index is 0. The van der Waals surface area contributed by atoms with Gasteiger partial charge in [0.15, 0.2) is 0 Å². The molecule has 3 aliphatic rings. The molecular weight excluding hydrogens is 583 g/mol. The van der Waals surface area contributed by atoms with E-state index in [1.807, 2.05) is 11.3 Å². The molecule has 0 N–H and O–H groups in total. The molecular formula is C30H33Cl2SSiZr. The first-order valence-corrected chi connectivity index (χ1v) is 15.8. The van der Waals surface area contributed by atoms with Gasteiger partial charge in [-0.3, -0.25) is 0 Å². The van der Waals surface area contributed by atoms with Gasteiger partial charge in [-0.25, -0.2) is 0 Å². The van der Waals surface area contributed by atoms with Crippen molar-refractivity contribution in [1.29, 1.82) is 0 Å². The van der Waals surface area contributed by atoms with Gasteiger partial charge in [-0.1, -0.05) is 74.8 Å². The molecule has 4 aromatic rings. The van der Waals surface area contributed by atoms with Gasteiger partial charge in [-0.2, -0.15) is 6.07 Å². The Balaban J connectivity index is 0.000000239. The number of benzene rings is 2. The first-order valence-electron chi connectivity index (χ1n) is 11.9. The van der Waals surface area contributed by atoms with Crippen LogP contribution in [0.3, 0.4) is 0 Å². The molecule has 1 atom stereocenters. The Hall–Kier alpha value is -0.830. The quantitative estimate of drug-likeness (QED) is 0.246. The van der Waals surface area contributed by atoms with Gasteiger partial charge in [0, 0.05) is 15.3 Å². The van der Waals surface area contributed by atoms with E-state index >= 15 is 0 Å². The predicted molar refractivity (Wildman–Crippen MR) is 146 cm³/mol. The van der Waals surface area contributed by atoms with Crippen molar-refractivity contribution in [1.82, 2.24) is 0 Å². The first kappa shape index (κ1) is 30.4. The summed E-state index contributed by atoms with van der Waals surface area (Å²) in [4.78, 5) is 3.14. The fourth-order valence-corrected chi connectivity index (χ4v) is 12.4. The summed E-state index contributed by atoms with van der Waals surface area (Å²) in [6.45, 7) is 14.0. The van der Waals surface area contributed by atoms with Crippen LogP contribution in [0.4, 0.5) is 0 Å². The molecule has 0 saturated carbocycles. The summed E-state index contributed by atoms with van der Waals surface area (Å²) in [5.74, 6) is 0. The topological polar surface area (TPSA) is 0 Å². The zero-order valence-corrected chi connectivity index (χ0v) is 27.2. The monoisotopic (exact) mass is 613 g/mol. The number of aryl methyl sites for hydroxylation is 3. The number of hydrogen-bond donors (Lipinski definition) is 0. The van der Waals surface area contributed by atoms with E-state index in [0.717, 1.165) is 5.54 Å². The van der Waals surface area contributed by atoms with Crippen LogP contribution in [0.15, 0.2) is 66.2 Å². The molecule has 1 aliphatic carbocycles.